The Morgan fingerprint density at radius 1 is 1.03 bits per heavy atom. The van der Waals surface area contributed by atoms with Crippen LogP contribution in [-0.4, -0.2) is 32.0 Å². The Bertz CT molecular complexity index is 1760. The molecule has 8 nitrogen and oxygen atoms in total. The predicted octanol–water partition coefficient (Wildman–Crippen LogP) is 5.91. The molecule has 0 saturated carbocycles. The maximum absolute atomic E-state index is 11.7. The van der Waals surface area contributed by atoms with E-state index in [2.05, 4.69) is 16.0 Å². The highest BCUT2D eigenvalue weighted by atomic mass is 35.5. The molecular weight excluding hydrogens is 512 g/mol. The van der Waals surface area contributed by atoms with Gasteiger partial charge in [-0.05, 0) is 54.8 Å². The van der Waals surface area contributed by atoms with Crippen molar-refractivity contribution >= 4 is 40.2 Å². The number of methoxy groups -OCH3 is 1. The summed E-state index contributed by atoms with van der Waals surface area (Å²) >= 11 is 6.28. The number of aryl methyl sites for hydroxylation is 2. The Balaban J connectivity index is 1.54. The fourth-order valence-electron chi connectivity index (χ4n) is 5.26. The first kappa shape index (κ1) is 24.9. The van der Waals surface area contributed by atoms with E-state index in [0.29, 0.717) is 39.9 Å². The first-order chi connectivity index (χ1) is 18.9. The fourth-order valence-corrected chi connectivity index (χ4v) is 5.46. The number of hydrogen-bond donors (Lipinski definition) is 2. The SMILES string of the molecule is COc1cc(-c2nn(CC3=Cc4cccc(C)c4C(O)N3c3ccccc3C)c3ncnc(N)c23)ccc1Cl. The summed E-state index contributed by atoms with van der Waals surface area (Å²) in [5.74, 6) is 0.854. The van der Waals surface area contributed by atoms with E-state index in [-0.39, 0.29) is 0 Å². The molecule has 0 amide bonds. The van der Waals surface area contributed by atoms with Gasteiger partial charge in [-0.2, -0.15) is 5.10 Å². The van der Waals surface area contributed by atoms with Crippen molar-refractivity contribution in [1.29, 1.82) is 0 Å². The minimum atomic E-state index is -0.871. The summed E-state index contributed by atoms with van der Waals surface area (Å²) in [4.78, 5) is 10.7. The molecule has 1 atom stereocenters. The molecule has 2 aromatic heterocycles. The van der Waals surface area contributed by atoms with Gasteiger partial charge in [-0.1, -0.05) is 54.1 Å². The van der Waals surface area contributed by atoms with Crippen molar-refractivity contribution in [2.45, 2.75) is 26.6 Å². The molecule has 0 bridgehead atoms. The van der Waals surface area contributed by atoms with Crippen molar-refractivity contribution < 1.29 is 9.84 Å². The van der Waals surface area contributed by atoms with Gasteiger partial charge in [0.1, 0.15) is 23.6 Å². The molecule has 0 saturated heterocycles. The molecule has 39 heavy (non-hydrogen) atoms. The molecule has 196 valence electrons. The molecular formula is C30H27ClN6O2. The molecule has 1 aliphatic heterocycles. The molecule has 3 N–H and O–H groups in total. The highest BCUT2D eigenvalue weighted by molar-refractivity contribution is 6.32. The number of fused-ring (bicyclic) bond motifs is 2. The van der Waals surface area contributed by atoms with Crippen LogP contribution in [0.5, 0.6) is 5.75 Å². The van der Waals surface area contributed by atoms with Crippen LogP contribution in [-0.2, 0) is 6.54 Å². The van der Waals surface area contributed by atoms with Crippen LogP contribution in [0.2, 0.25) is 5.02 Å². The fraction of sp³-hybridized carbons (Fsp3) is 0.167. The van der Waals surface area contributed by atoms with Gasteiger partial charge in [0.25, 0.3) is 0 Å². The third kappa shape index (κ3) is 4.18. The highest BCUT2D eigenvalue weighted by Crippen LogP contribution is 2.41. The number of nitrogens with zero attached hydrogens (tertiary/aromatic N) is 5. The summed E-state index contributed by atoms with van der Waals surface area (Å²) in [5, 5.41) is 17.8. The van der Waals surface area contributed by atoms with E-state index in [1.165, 1.54) is 6.33 Å². The van der Waals surface area contributed by atoms with Gasteiger partial charge >= 0.3 is 0 Å². The number of aromatic nitrogens is 4. The highest BCUT2D eigenvalue weighted by Gasteiger charge is 2.31. The number of benzene rings is 3. The number of allylic oxidation sites excluding steroid dienone is 1. The van der Waals surface area contributed by atoms with Crippen LogP contribution in [0.3, 0.4) is 0 Å². The Morgan fingerprint density at radius 2 is 1.82 bits per heavy atom. The summed E-state index contributed by atoms with van der Waals surface area (Å²) in [6, 6.07) is 19.5. The van der Waals surface area contributed by atoms with Crippen LogP contribution in [0.4, 0.5) is 11.5 Å². The molecule has 5 aromatic rings. The van der Waals surface area contributed by atoms with E-state index in [1.807, 2.05) is 73.3 Å². The molecule has 3 aromatic carbocycles. The van der Waals surface area contributed by atoms with Crippen molar-refractivity contribution in [3.63, 3.8) is 0 Å². The van der Waals surface area contributed by atoms with E-state index in [0.717, 1.165) is 39.2 Å². The number of halogens is 1. The second-order valence-corrected chi connectivity index (χ2v) is 9.96. The number of rotatable bonds is 5. The van der Waals surface area contributed by atoms with Crippen molar-refractivity contribution in [1.82, 2.24) is 19.7 Å². The molecule has 9 heteroatoms. The Labute approximate surface area is 231 Å². The summed E-state index contributed by atoms with van der Waals surface area (Å²) in [7, 11) is 1.57. The van der Waals surface area contributed by atoms with Crippen LogP contribution in [0.25, 0.3) is 28.4 Å². The number of para-hydroxylation sites is 1. The van der Waals surface area contributed by atoms with Gasteiger partial charge in [-0.15, -0.1) is 0 Å². The van der Waals surface area contributed by atoms with Crippen molar-refractivity contribution in [2.24, 2.45) is 0 Å². The zero-order valence-corrected chi connectivity index (χ0v) is 22.5. The maximum Gasteiger partial charge on any atom is 0.164 e. The standard InChI is InChI=1S/C30H27ClN6O2/c1-17-7-4-5-10-23(17)37-21(13-19-9-6-8-18(2)25(19)30(37)38)15-36-29-26(28(32)33-16-34-29)27(35-36)20-11-12-22(31)24(14-20)39-3/h4-14,16,30,38H,15H2,1-3H3,(H2,32,33,34). The first-order valence-corrected chi connectivity index (χ1v) is 12.9. The average molecular weight is 539 g/mol. The molecule has 0 spiro atoms. The minimum Gasteiger partial charge on any atom is -0.495 e. The maximum atomic E-state index is 11.7. The van der Waals surface area contributed by atoms with Crippen LogP contribution in [0.1, 0.15) is 28.5 Å². The number of aliphatic hydroxyl groups is 1. The lowest BCUT2D eigenvalue weighted by molar-refractivity contribution is 0.176. The number of anilines is 2. The lowest BCUT2D eigenvalue weighted by Crippen LogP contribution is -2.34. The minimum absolute atomic E-state index is 0.324. The van der Waals surface area contributed by atoms with Gasteiger partial charge < -0.3 is 20.5 Å². The number of ether oxygens (including phenoxy) is 1. The van der Waals surface area contributed by atoms with E-state index in [4.69, 9.17) is 27.2 Å². The lowest BCUT2D eigenvalue weighted by Gasteiger charge is -2.38. The van der Waals surface area contributed by atoms with Crippen molar-refractivity contribution in [3.8, 4) is 17.0 Å². The third-order valence-corrected chi connectivity index (χ3v) is 7.47. The molecule has 0 fully saturated rings. The second kappa shape index (κ2) is 9.72. The number of aliphatic hydroxyl groups excluding tert-OH is 1. The van der Waals surface area contributed by atoms with Gasteiger partial charge in [0.15, 0.2) is 11.9 Å². The van der Waals surface area contributed by atoms with E-state index >= 15 is 0 Å². The summed E-state index contributed by atoms with van der Waals surface area (Å²) in [5.41, 5.74) is 14.0. The monoisotopic (exact) mass is 538 g/mol. The Kier molecular flexibility index (Phi) is 6.21. The van der Waals surface area contributed by atoms with Gasteiger partial charge in [0.05, 0.1) is 24.1 Å². The zero-order chi connectivity index (χ0) is 27.3. The van der Waals surface area contributed by atoms with Crippen molar-refractivity contribution in [2.75, 3.05) is 17.7 Å². The van der Waals surface area contributed by atoms with E-state index in [1.54, 1.807) is 17.9 Å². The average Bonchev–Trinajstić information content (AvgIpc) is 3.29. The van der Waals surface area contributed by atoms with Crippen LogP contribution < -0.4 is 15.4 Å². The van der Waals surface area contributed by atoms with Crippen LogP contribution in [0, 0.1) is 13.8 Å². The zero-order valence-electron chi connectivity index (χ0n) is 21.8. The van der Waals surface area contributed by atoms with Gasteiger partial charge in [0.2, 0.25) is 0 Å². The smallest absolute Gasteiger partial charge is 0.164 e. The van der Waals surface area contributed by atoms with Gasteiger partial charge in [0, 0.05) is 22.5 Å². The predicted molar refractivity (Wildman–Crippen MR) is 155 cm³/mol. The summed E-state index contributed by atoms with van der Waals surface area (Å²) in [6.45, 7) is 4.39. The molecule has 1 unspecified atom stereocenters. The number of nitrogen functional groups attached to an aromatic ring is 1. The molecule has 1 aliphatic rings. The quantitative estimate of drug-likeness (QED) is 0.287. The lowest BCUT2D eigenvalue weighted by atomic mass is 9.94. The number of hydrogen-bond acceptors (Lipinski definition) is 7. The number of nitrogens with two attached hydrogens (primary N) is 1. The summed E-state index contributed by atoms with van der Waals surface area (Å²) in [6.07, 6.45) is 2.66. The Hall–Kier alpha value is -4.40. The normalized spacial score (nSPS) is 14.8. The van der Waals surface area contributed by atoms with Crippen LogP contribution >= 0.6 is 11.6 Å². The van der Waals surface area contributed by atoms with Crippen LogP contribution in [0.15, 0.2) is 72.7 Å². The molecule has 6 rings (SSSR count). The molecule has 3 heterocycles. The molecule has 0 aliphatic carbocycles. The Morgan fingerprint density at radius 3 is 2.62 bits per heavy atom. The first-order valence-electron chi connectivity index (χ1n) is 12.5. The van der Waals surface area contributed by atoms with E-state index < -0.39 is 6.23 Å². The van der Waals surface area contributed by atoms with Gasteiger partial charge in [-0.25, -0.2) is 14.6 Å². The molecule has 0 radical (unpaired) electrons. The van der Waals surface area contributed by atoms with Crippen molar-refractivity contribution in [3.05, 3.63) is 100.0 Å². The largest absolute Gasteiger partial charge is 0.495 e. The second-order valence-electron chi connectivity index (χ2n) is 9.56. The third-order valence-electron chi connectivity index (χ3n) is 7.16. The van der Waals surface area contributed by atoms with E-state index in [9.17, 15) is 5.11 Å². The topological polar surface area (TPSA) is 102 Å². The summed E-state index contributed by atoms with van der Waals surface area (Å²) < 4.78 is 7.23. The van der Waals surface area contributed by atoms with Gasteiger partial charge in [-0.3, -0.25) is 0 Å².